The quantitative estimate of drug-likeness (QED) is 0.295. The number of hydrogen-bond acceptors (Lipinski definition) is 4. The Labute approximate surface area is 180 Å². The third-order valence-electron chi connectivity index (χ3n) is 4.71. The predicted molar refractivity (Wildman–Crippen MR) is 122 cm³/mol. The topological polar surface area (TPSA) is 78.0 Å². The van der Waals surface area contributed by atoms with Gasteiger partial charge in [-0.05, 0) is 54.5 Å². The smallest absolute Gasteiger partial charge is 0.268 e. The number of benzene rings is 3. The molecule has 0 aliphatic heterocycles. The van der Waals surface area contributed by atoms with Gasteiger partial charge in [0.2, 0.25) is 0 Å². The lowest BCUT2D eigenvalue weighted by Gasteiger charge is -2.12. The molecule has 30 heavy (non-hydrogen) atoms. The Bertz CT molecular complexity index is 1380. The van der Waals surface area contributed by atoms with Gasteiger partial charge in [0.1, 0.15) is 5.82 Å². The molecule has 7 heteroatoms. The molecule has 1 heterocycles. The van der Waals surface area contributed by atoms with E-state index < -0.39 is 4.92 Å². The van der Waals surface area contributed by atoms with Crippen molar-refractivity contribution in [2.24, 2.45) is 0 Å². The molecular formula is C23H16BrN3O3. The lowest BCUT2D eigenvalue weighted by Crippen LogP contribution is -2.22. The van der Waals surface area contributed by atoms with Crippen molar-refractivity contribution in [1.29, 1.82) is 0 Å². The van der Waals surface area contributed by atoms with E-state index in [9.17, 15) is 14.9 Å². The average Bonchev–Trinajstić information content (AvgIpc) is 2.75. The molecule has 0 N–H and O–H groups in total. The van der Waals surface area contributed by atoms with Gasteiger partial charge < -0.3 is 0 Å². The van der Waals surface area contributed by atoms with Crippen LogP contribution in [0.5, 0.6) is 0 Å². The first kappa shape index (κ1) is 19.7. The second-order valence-corrected chi connectivity index (χ2v) is 7.60. The maximum Gasteiger partial charge on any atom is 0.270 e. The number of fused-ring (bicyclic) bond motifs is 1. The van der Waals surface area contributed by atoms with Gasteiger partial charge in [0, 0.05) is 16.6 Å². The summed E-state index contributed by atoms with van der Waals surface area (Å²) in [6.45, 7) is 1.95. The first-order chi connectivity index (χ1) is 14.4. The molecule has 0 saturated carbocycles. The SMILES string of the molecule is Cc1cc(-n2c(/C=C/c3cccc([N+](=O)[O-])c3)nc3ccccc3c2=O)ccc1Br. The zero-order chi connectivity index (χ0) is 21.3. The highest BCUT2D eigenvalue weighted by Gasteiger charge is 2.12. The maximum atomic E-state index is 13.3. The number of non-ortho nitro benzene ring substituents is 1. The lowest BCUT2D eigenvalue weighted by atomic mass is 10.1. The standard InChI is InChI=1S/C23H16BrN3O3/c1-15-13-17(10-11-20(15)24)26-22(25-21-8-3-2-7-19(21)23(26)28)12-9-16-5-4-6-18(14-16)27(29)30/h2-14H,1H3/b12-9+. The Morgan fingerprint density at radius 1 is 1.03 bits per heavy atom. The zero-order valence-electron chi connectivity index (χ0n) is 15.9. The number of aryl methyl sites for hydroxylation is 1. The summed E-state index contributed by atoms with van der Waals surface area (Å²) >= 11 is 3.49. The Morgan fingerprint density at radius 3 is 2.60 bits per heavy atom. The summed E-state index contributed by atoms with van der Waals surface area (Å²) in [5.74, 6) is 0.437. The molecule has 6 nitrogen and oxygen atoms in total. The number of hydrogen-bond donors (Lipinski definition) is 0. The molecule has 0 unspecified atom stereocenters. The maximum absolute atomic E-state index is 13.3. The van der Waals surface area contributed by atoms with E-state index >= 15 is 0 Å². The fourth-order valence-corrected chi connectivity index (χ4v) is 3.44. The summed E-state index contributed by atoms with van der Waals surface area (Å²) < 4.78 is 2.50. The predicted octanol–water partition coefficient (Wildman–Crippen LogP) is 5.54. The largest absolute Gasteiger partial charge is 0.270 e. The number of para-hydroxylation sites is 1. The molecule has 0 amide bonds. The number of nitro groups is 1. The molecule has 1 aromatic heterocycles. The van der Waals surface area contributed by atoms with E-state index in [2.05, 4.69) is 20.9 Å². The van der Waals surface area contributed by atoms with Crippen molar-refractivity contribution >= 4 is 44.7 Å². The molecule has 0 saturated heterocycles. The molecule has 4 aromatic rings. The monoisotopic (exact) mass is 461 g/mol. The zero-order valence-corrected chi connectivity index (χ0v) is 17.5. The van der Waals surface area contributed by atoms with Crippen LogP contribution in [-0.2, 0) is 0 Å². The Balaban J connectivity index is 1.92. The molecule has 0 aliphatic rings. The number of aromatic nitrogens is 2. The highest BCUT2D eigenvalue weighted by atomic mass is 79.9. The van der Waals surface area contributed by atoms with E-state index in [1.165, 1.54) is 12.1 Å². The summed E-state index contributed by atoms with van der Waals surface area (Å²) in [6.07, 6.45) is 3.41. The van der Waals surface area contributed by atoms with Crippen molar-refractivity contribution in [2.75, 3.05) is 0 Å². The second-order valence-electron chi connectivity index (χ2n) is 6.75. The Hall–Kier alpha value is -3.58. The van der Waals surface area contributed by atoms with Crippen LogP contribution in [0, 0.1) is 17.0 Å². The van der Waals surface area contributed by atoms with Gasteiger partial charge in [-0.3, -0.25) is 19.5 Å². The number of nitrogens with zero attached hydrogens (tertiary/aromatic N) is 3. The molecule has 0 bridgehead atoms. The summed E-state index contributed by atoms with van der Waals surface area (Å²) in [4.78, 5) is 28.6. The molecular weight excluding hydrogens is 446 g/mol. The Kier molecular flexibility index (Phi) is 5.29. The van der Waals surface area contributed by atoms with Crippen molar-refractivity contribution < 1.29 is 4.92 Å². The molecule has 0 spiro atoms. The van der Waals surface area contributed by atoms with Gasteiger partial charge in [0.25, 0.3) is 11.2 Å². The van der Waals surface area contributed by atoms with Crippen molar-refractivity contribution in [3.05, 3.63) is 109 Å². The molecule has 0 atom stereocenters. The van der Waals surface area contributed by atoms with E-state index in [4.69, 9.17) is 0 Å². The summed E-state index contributed by atoms with van der Waals surface area (Å²) in [5, 5.41) is 11.6. The van der Waals surface area contributed by atoms with E-state index in [0.29, 0.717) is 28.0 Å². The highest BCUT2D eigenvalue weighted by Crippen LogP contribution is 2.22. The average molecular weight is 462 g/mol. The van der Waals surface area contributed by atoms with Gasteiger partial charge in [-0.2, -0.15) is 0 Å². The fraction of sp³-hybridized carbons (Fsp3) is 0.0435. The third kappa shape index (κ3) is 3.79. The van der Waals surface area contributed by atoms with Crippen LogP contribution in [0.3, 0.4) is 0 Å². The van der Waals surface area contributed by atoms with E-state index in [0.717, 1.165) is 10.0 Å². The summed E-state index contributed by atoms with van der Waals surface area (Å²) in [5.41, 5.74) is 2.74. The van der Waals surface area contributed by atoms with Crippen molar-refractivity contribution in [2.45, 2.75) is 6.92 Å². The number of nitro benzene ring substituents is 1. The summed E-state index contributed by atoms with van der Waals surface area (Å²) in [7, 11) is 0. The van der Waals surface area contributed by atoms with Gasteiger partial charge in [-0.25, -0.2) is 4.98 Å². The molecule has 0 aliphatic carbocycles. The molecule has 3 aromatic carbocycles. The van der Waals surface area contributed by atoms with Crippen LogP contribution in [0.25, 0.3) is 28.7 Å². The van der Waals surface area contributed by atoms with Crippen molar-refractivity contribution in [3.8, 4) is 5.69 Å². The minimum atomic E-state index is -0.438. The Morgan fingerprint density at radius 2 is 1.83 bits per heavy atom. The van der Waals surface area contributed by atoms with Crippen LogP contribution < -0.4 is 5.56 Å². The fourth-order valence-electron chi connectivity index (χ4n) is 3.19. The minimum absolute atomic E-state index is 0.00421. The van der Waals surface area contributed by atoms with E-state index in [1.54, 1.807) is 47.1 Å². The molecule has 4 rings (SSSR count). The summed E-state index contributed by atoms with van der Waals surface area (Å²) in [6, 6.07) is 19.1. The van der Waals surface area contributed by atoms with Crippen LogP contribution in [-0.4, -0.2) is 14.5 Å². The van der Waals surface area contributed by atoms with Crippen LogP contribution in [0.2, 0.25) is 0 Å². The van der Waals surface area contributed by atoms with Gasteiger partial charge in [-0.15, -0.1) is 0 Å². The molecule has 0 fully saturated rings. The van der Waals surface area contributed by atoms with Crippen LogP contribution in [0.15, 0.2) is 76.0 Å². The second kappa shape index (κ2) is 8.04. The van der Waals surface area contributed by atoms with Crippen molar-refractivity contribution in [3.63, 3.8) is 0 Å². The third-order valence-corrected chi connectivity index (χ3v) is 5.60. The normalized spacial score (nSPS) is 11.3. The number of halogens is 1. The first-order valence-electron chi connectivity index (χ1n) is 9.15. The van der Waals surface area contributed by atoms with E-state index in [1.807, 2.05) is 31.2 Å². The lowest BCUT2D eigenvalue weighted by molar-refractivity contribution is -0.384. The van der Waals surface area contributed by atoms with Gasteiger partial charge in [0.05, 0.1) is 21.5 Å². The van der Waals surface area contributed by atoms with Crippen LogP contribution in [0.4, 0.5) is 5.69 Å². The molecule has 0 radical (unpaired) electrons. The van der Waals surface area contributed by atoms with Crippen molar-refractivity contribution in [1.82, 2.24) is 9.55 Å². The number of rotatable bonds is 4. The van der Waals surface area contributed by atoms with Crippen LogP contribution >= 0.6 is 15.9 Å². The highest BCUT2D eigenvalue weighted by molar-refractivity contribution is 9.10. The van der Waals surface area contributed by atoms with Gasteiger partial charge in [0.15, 0.2) is 0 Å². The van der Waals surface area contributed by atoms with E-state index in [-0.39, 0.29) is 11.2 Å². The van der Waals surface area contributed by atoms with Crippen LogP contribution in [0.1, 0.15) is 17.0 Å². The first-order valence-corrected chi connectivity index (χ1v) is 9.94. The minimum Gasteiger partial charge on any atom is -0.268 e. The molecule has 148 valence electrons. The van der Waals surface area contributed by atoms with Gasteiger partial charge >= 0.3 is 0 Å². The van der Waals surface area contributed by atoms with Gasteiger partial charge in [-0.1, -0.05) is 46.3 Å².